The Bertz CT molecular complexity index is 932. The Hall–Kier alpha value is -1.93. The lowest BCUT2D eigenvalue weighted by Gasteiger charge is -2.34. The van der Waals surface area contributed by atoms with Crippen molar-refractivity contribution in [2.24, 2.45) is 0 Å². The molecule has 1 aliphatic heterocycles. The highest BCUT2D eigenvalue weighted by Crippen LogP contribution is 2.19. The third-order valence-electron chi connectivity index (χ3n) is 4.63. The summed E-state index contributed by atoms with van der Waals surface area (Å²) in [5, 5.41) is 3.40. The molecule has 1 aliphatic rings. The number of halogens is 1. The summed E-state index contributed by atoms with van der Waals surface area (Å²) in [5.41, 5.74) is 2.93. The van der Waals surface area contributed by atoms with Crippen molar-refractivity contribution in [1.29, 1.82) is 0 Å². The van der Waals surface area contributed by atoms with Crippen molar-refractivity contribution in [2.75, 3.05) is 19.6 Å². The first-order chi connectivity index (χ1) is 13.3. The Morgan fingerprint density at radius 2 is 1.79 bits per heavy atom. The molecule has 0 bridgehead atoms. The van der Waals surface area contributed by atoms with Crippen molar-refractivity contribution in [3.63, 3.8) is 0 Å². The zero-order chi connectivity index (χ0) is 20.1. The quantitative estimate of drug-likeness (QED) is 0.779. The van der Waals surface area contributed by atoms with Crippen LogP contribution in [0.5, 0.6) is 0 Å². The lowest BCUT2D eigenvalue weighted by Crippen LogP contribution is -2.52. The topological polar surface area (TPSA) is 69.7 Å². The maximum Gasteiger partial charge on any atom is 0.282 e. The van der Waals surface area contributed by atoms with E-state index >= 15 is 0 Å². The SMILES string of the molecule is Cc1cccc(CN2CCCN(CC(=O)NCc3ccc(Cl)cc3)S2(=O)=O)c1. The zero-order valence-corrected chi connectivity index (χ0v) is 17.3. The van der Waals surface area contributed by atoms with Crippen LogP contribution in [0.4, 0.5) is 0 Å². The normalized spacial score (nSPS) is 17.4. The van der Waals surface area contributed by atoms with Crippen LogP contribution in [0, 0.1) is 6.92 Å². The molecule has 0 saturated carbocycles. The summed E-state index contributed by atoms with van der Waals surface area (Å²) in [7, 11) is -3.67. The number of nitrogens with zero attached hydrogens (tertiary/aromatic N) is 2. The minimum atomic E-state index is -3.67. The third kappa shape index (κ3) is 5.32. The Kier molecular flexibility index (Phi) is 6.72. The van der Waals surface area contributed by atoms with E-state index in [1.54, 1.807) is 12.1 Å². The van der Waals surface area contributed by atoms with Crippen LogP contribution in [0.2, 0.25) is 5.02 Å². The van der Waals surface area contributed by atoms with Gasteiger partial charge in [0.1, 0.15) is 0 Å². The first-order valence-corrected chi connectivity index (χ1v) is 10.9. The summed E-state index contributed by atoms with van der Waals surface area (Å²) in [4.78, 5) is 12.3. The summed E-state index contributed by atoms with van der Waals surface area (Å²) < 4.78 is 28.5. The summed E-state index contributed by atoms with van der Waals surface area (Å²) in [6.45, 7) is 3.25. The molecular weight excluding hydrogens is 398 g/mol. The molecule has 2 aromatic rings. The molecular formula is C20H24ClN3O3S. The average molecular weight is 422 g/mol. The number of rotatable bonds is 6. The molecule has 0 spiro atoms. The van der Waals surface area contributed by atoms with Gasteiger partial charge in [-0.05, 0) is 36.6 Å². The summed E-state index contributed by atoms with van der Waals surface area (Å²) in [6.07, 6.45) is 0.690. The van der Waals surface area contributed by atoms with Gasteiger partial charge in [0, 0.05) is 31.2 Å². The Labute approximate surface area is 171 Å². The summed E-state index contributed by atoms with van der Waals surface area (Å²) in [6, 6.07) is 14.9. The van der Waals surface area contributed by atoms with Gasteiger partial charge in [0.15, 0.2) is 0 Å². The highest BCUT2D eigenvalue weighted by atomic mass is 35.5. The van der Waals surface area contributed by atoms with Crippen molar-refractivity contribution in [2.45, 2.75) is 26.4 Å². The first-order valence-electron chi connectivity index (χ1n) is 9.16. The monoisotopic (exact) mass is 421 g/mol. The zero-order valence-electron chi connectivity index (χ0n) is 15.8. The van der Waals surface area contributed by atoms with Crippen LogP contribution in [0.15, 0.2) is 48.5 Å². The lowest BCUT2D eigenvalue weighted by molar-refractivity contribution is -0.121. The van der Waals surface area contributed by atoms with E-state index < -0.39 is 10.2 Å². The van der Waals surface area contributed by atoms with Crippen molar-refractivity contribution >= 4 is 27.7 Å². The molecule has 1 fully saturated rings. The molecule has 6 nitrogen and oxygen atoms in total. The van der Waals surface area contributed by atoms with E-state index in [0.717, 1.165) is 16.7 Å². The number of hydrogen-bond donors (Lipinski definition) is 1. The van der Waals surface area contributed by atoms with Gasteiger partial charge >= 0.3 is 0 Å². The van der Waals surface area contributed by atoms with Gasteiger partial charge in [-0.2, -0.15) is 17.0 Å². The van der Waals surface area contributed by atoms with Crippen molar-refractivity contribution < 1.29 is 13.2 Å². The Morgan fingerprint density at radius 3 is 2.50 bits per heavy atom. The molecule has 0 aromatic heterocycles. The number of carbonyl (C=O) groups is 1. The average Bonchev–Trinajstić information content (AvgIpc) is 2.65. The predicted octanol–water partition coefficient (Wildman–Crippen LogP) is 2.72. The molecule has 0 radical (unpaired) electrons. The highest BCUT2D eigenvalue weighted by molar-refractivity contribution is 7.86. The number of nitrogens with one attached hydrogen (secondary N) is 1. The van der Waals surface area contributed by atoms with Gasteiger partial charge in [0.2, 0.25) is 5.91 Å². The van der Waals surface area contributed by atoms with E-state index in [1.807, 2.05) is 43.3 Å². The van der Waals surface area contributed by atoms with Gasteiger partial charge in [0.25, 0.3) is 10.2 Å². The minimum Gasteiger partial charge on any atom is -0.351 e. The molecule has 28 heavy (non-hydrogen) atoms. The van der Waals surface area contributed by atoms with E-state index in [4.69, 9.17) is 11.6 Å². The Balaban J connectivity index is 1.59. The second-order valence-electron chi connectivity index (χ2n) is 6.92. The molecule has 1 saturated heterocycles. The van der Waals surface area contributed by atoms with Crippen LogP contribution in [-0.4, -0.2) is 42.6 Å². The van der Waals surface area contributed by atoms with Gasteiger partial charge in [0.05, 0.1) is 6.54 Å². The van der Waals surface area contributed by atoms with Gasteiger partial charge in [-0.3, -0.25) is 4.79 Å². The maximum atomic E-state index is 12.9. The minimum absolute atomic E-state index is 0.180. The van der Waals surface area contributed by atoms with Crippen molar-refractivity contribution in [3.8, 4) is 0 Å². The first kappa shape index (κ1) is 20.8. The van der Waals surface area contributed by atoms with E-state index in [9.17, 15) is 13.2 Å². The second kappa shape index (κ2) is 9.05. The van der Waals surface area contributed by atoms with Crippen molar-refractivity contribution in [3.05, 3.63) is 70.2 Å². The molecule has 1 amide bonds. The summed E-state index contributed by atoms with van der Waals surface area (Å²) in [5.74, 6) is -0.323. The molecule has 0 aliphatic carbocycles. The van der Waals surface area contributed by atoms with Gasteiger partial charge in [-0.1, -0.05) is 53.6 Å². The fraction of sp³-hybridized carbons (Fsp3) is 0.350. The van der Waals surface area contributed by atoms with Crippen LogP contribution in [-0.2, 0) is 28.1 Å². The summed E-state index contributed by atoms with van der Waals surface area (Å²) >= 11 is 5.85. The maximum absolute atomic E-state index is 12.9. The fourth-order valence-corrected chi connectivity index (χ4v) is 4.94. The third-order valence-corrected chi connectivity index (χ3v) is 6.81. The number of benzene rings is 2. The number of hydrogen-bond acceptors (Lipinski definition) is 3. The van der Waals surface area contributed by atoms with Crippen LogP contribution >= 0.6 is 11.6 Å². The standard InChI is InChI=1S/C20H24ClN3O3S/c1-16-4-2-5-18(12-16)14-23-10-3-11-24(28(23,26)27)15-20(25)22-13-17-6-8-19(21)9-7-17/h2,4-9,12H,3,10-11,13-15H2,1H3,(H,22,25). The van der Waals surface area contributed by atoms with Crippen LogP contribution in [0.25, 0.3) is 0 Å². The molecule has 150 valence electrons. The second-order valence-corrected chi connectivity index (χ2v) is 9.29. The fourth-order valence-electron chi connectivity index (χ4n) is 3.17. The number of aryl methyl sites for hydroxylation is 1. The van der Waals surface area contributed by atoms with Crippen LogP contribution < -0.4 is 5.32 Å². The molecule has 1 heterocycles. The molecule has 2 aromatic carbocycles. The van der Waals surface area contributed by atoms with E-state index in [2.05, 4.69) is 5.32 Å². The molecule has 8 heteroatoms. The highest BCUT2D eigenvalue weighted by Gasteiger charge is 2.34. The molecule has 1 N–H and O–H groups in total. The predicted molar refractivity (Wildman–Crippen MR) is 110 cm³/mol. The smallest absolute Gasteiger partial charge is 0.282 e. The number of carbonyl (C=O) groups excluding carboxylic acids is 1. The number of amides is 1. The van der Waals surface area contributed by atoms with Crippen LogP contribution in [0.1, 0.15) is 23.1 Å². The largest absolute Gasteiger partial charge is 0.351 e. The Morgan fingerprint density at radius 1 is 1.07 bits per heavy atom. The van der Waals surface area contributed by atoms with Crippen molar-refractivity contribution in [1.82, 2.24) is 13.9 Å². The van der Waals surface area contributed by atoms with E-state index in [0.29, 0.717) is 37.6 Å². The molecule has 0 atom stereocenters. The van der Waals surface area contributed by atoms with Gasteiger partial charge in [-0.25, -0.2) is 0 Å². The van der Waals surface area contributed by atoms with E-state index in [1.165, 1.54) is 8.61 Å². The molecule has 0 unspecified atom stereocenters. The van der Waals surface area contributed by atoms with Crippen LogP contribution in [0.3, 0.4) is 0 Å². The lowest BCUT2D eigenvalue weighted by atomic mass is 10.1. The van der Waals surface area contributed by atoms with Gasteiger partial charge < -0.3 is 5.32 Å². The molecule has 3 rings (SSSR count). The van der Waals surface area contributed by atoms with Gasteiger partial charge in [-0.15, -0.1) is 0 Å². The van der Waals surface area contributed by atoms with E-state index in [-0.39, 0.29) is 12.5 Å².